The number of nitroso groups, excluding NO2 is 1. The van der Waals surface area contributed by atoms with E-state index in [1.54, 1.807) is 31.2 Å². The highest BCUT2D eigenvalue weighted by molar-refractivity contribution is 5.52. The first kappa shape index (κ1) is 12.6. The third kappa shape index (κ3) is 3.60. The minimum absolute atomic E-state index is 0.0143. The highest BCUT2D eigenvalue weighted by atomic mass is 16.3. The number of hydrogen-bond acceptors (Lipinski definition) is 5. The van der Waals surface area contributed by atoms with Crippen LogP contribution in [0.15, 0.2) is 29.4 Å². The standard InChI is InChI=1S/C11H16N2O3/c1-9(15)8-13(6-7-14)11-4-2-10(12-16)3-5-11/h2-5,9,14-15H,6-8H2,1H3. The van der Waals surface area contributed by atoms with E-state index in [0.717, 1.165) is 5.69 Å². The first-order valence-corrected chi connectivity index (χ1v) is 5.14. The van der Waals surface area contributed by atoms with Crippen molar-refractivity contribution in [3.05, 3.63) is 29.2 Å². The SMILES string of the molecule is CC(O)CN(CCO)c1ccc(N=O)cc1. The smallest absolute Gasteiger partial charge is 0.108 e. The van der Waals surface area contributed by atoms with E-state index in [1.165, 1.54) is 0 Å². The predicted octanol–water partition coefficient (Wildman–Crippen LogP) is 1.26. The minimum atomic E-state index is -0.476. The first-order valence-electron chi connectivity index (χ1n) is 5.14. The molecule has 0 aliphatic heterocycles. The van der Waals surface area contributed by atoms with Gasteiger partial charge in [0, 0.05) is 18.8 Å². The Morgan fingerprint density at radius 2 is 2.00 bits per heavy atom. The molecule has 88 valence electrons. The van der Waals surface area contributed by atoms with Crippen LogP contribution in [0.4, 0.5) is 11.4 Å². The van der Waals surface area contributed by atoms with E-state index in [1.807, 2.05) is 4.90 Å². The van der Waals surface area contributed by atoms with Crippen LogP contribution in [0.2, 0.25) is 0 Å². The fraction of sp³-hybridized carbons (Fsp3) is 0.455. The number of aliphatic hydroxyl groups excluding tert-OH is 2. The van der Waals surface area contributed by atoms with Crippen LogP contribution in [0.25, 0.3) is 0 Å². The zero-order valence-electron chi connectivity index (χ0n) is 9.21. The van der Waals surface area contributed by atoms with E-state index < -0.39 is 6.10 Å². The summed E-state index contributed by atoms with van der Waals surface area (Å²) >= 11 is 0. The van der Waals surface area contributed by atoms with E-state index >= 15 is 0 Å². The van der Waals surface area contributed by atoms with Crippen LogP contribution in [0.3, 0.4) is 0 Å². The normalized spacial score (nSPS) is 12.2. The van der Waals surface area contributed by atoms with E-state index in [0.29, 0.717) is 18.8 Å². The van der Waals surface area contributed by atoms with Crippen molar-refractivity contribution >= 4 is 11.4 Å². The van der Waals surface area contributed by atoms with Crippen LogP contribution in [-0.2, 0) is 0 Å². The molecular formula is C11H16N2O3. The van der Waals surface area contributed by atoms with Crippen LogP contribution in [0, 0.1) is 4.91 Å². The molecule has 0 saturated carbocycles. The summed E-state index contributed by atoms with van der Waals surface area (Å²) in [5, 5.41) is 21.1. The van der Waals surface area contributed by atoms with Gasteiger partial charge in [-0.1, -0.05) is 0 Å². The van der Waals surface area contributed by atoms with Gasteiger partial charge >= 0.3 is 0 Å². The lowest BCUT2D eigenvalue weighted by molar-refractivity contribution is 0.197. The molecule has 1 aromatic rings. The molecule has 0 aliphatic rings. The fourth-order valence-electron chi connectivity index (χ4n) is 1.49. The van der Waals surface area contributed by atoms with Gasteiger partial charge in [-0.15, -0.1) is 4.91 Å². The molecule has 0 radical (unpaired) electrons. The van der Waals surface area contributed by atoms with E-state index in [4.69, 9.17) is 5.11 Å². The molecule has 0 fully saturated rings. The summed E-state index contributed by atoms with van der Waals surface area (Å²) in [6, 6.07) is 6.70. The number of benzene rings is 1. The zero-order chi connectivity index (χ0) is 12.0. The summed E-state index contributed by atoms with van der Waals surface area (Å²) in [6.07, 6.45) is -0.476. The lowest BCUT2D eigenvalue weighted by Crippen LogP contribution is -2.33. The number of anilines is 1. The molecule has 0 spiro atoms. The second kappa shape index (κ2) is 6.19. The minimum Gasteiger partial charge on any atom is -0.395 e. The number of nitrogens with zero attached hydrogens (tertiary/aromatic N) is 2. The summed E-state index contributed by atoms with van der Waals surface area (Å²) < 4.78 is 0. The van der Waals surface area contributed by atoms with Crippen LogP contribution < -0.4 is 4.90 Å². The maximum Gasteiger partial charge on any atom is 0.108 e. The van der Waals surface area contributed by atoms with Crippen molar-refractivity contribution < 1.29 is 10.2 Å². The third-order valence-corrected chi connectivity index (χ3v) is 2.17. The second-order valence-electron chi connectivity index (χ2n) is 3.63. The molecule has 0 aromatic heterocycles. The average Bonchev–Trinajstić information content (AvgIpc) is 2.28. The Bertz CT molecular complexity index is 325. The summed E-state index contributed by atoms with van der Waals surface area (Å²) in [7, 11) is 0. The Labute approximate surface area is 94.3 Å². The summed E-state index contributed by atoms with van der Waals surface area (Å²) in [5.74, 6) is 0. The van der Waals surface area contributed by atoms with Crippen molar-refractivity contribution in [2.75, 3.05) is 24.6 Å². The largest absolute Gasteiger partial charge is 0.395 e. The van der Waals surface area contributed by atoms with Crippen molar-refractivity contribution in [3.63, 3.8) is 0 Å². The Balaban J connectivity index is 2.78. The number of aliphatic hydroxyl groups is 2. The van der Waals surface area contributed by atoms with Crippen molar-refractivity contribution in [1.82, 2.24) is 0 Å². The highest BCUT2D eigenvalue weighted by Gasteiger charge is 2.08. The molecule has 0 amide bonds. The maximum absolute atomic E-state index is 10.2. The molecule has 0 aliphatic carbocycles. The van der Waals surface area contributed by atoms with Crippen molar-refractivity contribution in [2.24, 2.45) is 5.18 Å². The van der Waals surface area contributed by atoms with Gasteiger partial charge in [0.15, 0.2) is 0 Å². The molecule has 1 rings (SSSR count). The van der Waals surface area contributed by atoms with Crippen molar-refractivity contribution in [3.8, 4) is 0 Å². The Morgan fingerprint density at radius 3 is 2.44 bits per heavy atom. The molecule has 0 saturated heterocycles. The molecule has 5 heteroatoms. The van der Waals surface area contributed by atoms with Gasteiger partial charge in [-0.2, -0.15) is 0 Å². The van der Waals surface area contributed by atoms with Crippen LogP contribution >= 0.6 is 0 Å². The fourth-order valence-corrected chi connectivity index (χ4v) is 1.49. The van der Waals surface area contributed by atoms with Gasteiger partial charge in [0.25, 0.3) is 0 Å². The average molecular weight is 224 g/mol. The van der Waals surface area contributed by atoms with Gasteiger partial charge in [-0.3, -0.25) is 0 Å². The van der Waals surface area contributed by atoms with Crippen LogP contribution in [-0.4, -0.2) is 36.0 Å². The molecule has 0 heterocycles. The molecule has 2 N–H and O–H groups in total. The molecule has 5 nitrogen and oxygen atoms in total. The van der Waals surface area contributed by atoms with Crippen molar-refractivity contribution in [1.29, 1.82) is 0 Å². The van der Waals surface area contributed by atoms with E-state index in [-0.39, 0.29) is 6.61 Å². The predicted molar refractivity (Wildman–Crippen MR) is 62.9 cm³/mol. The summed E-state index contributed by atoms with van der Waals surface area (Å²) in [4.78, 5) is 12.1. The van der Waals surface area contributed by atoms with Gasteiger partial charge < -0.3 is 15.1 Å². The van der Waals surface area contributed by atoms with Gasteiger partial charge in [0.1, 0.15) is 5.69 Å². The molecular weight excluding hydrogens is 208 g/mol. The quantitative estimate of drug-likeness (QED) is 0.713. The second-order valence-corrected chi connectivity index (χ2v) is 3.63. The van der Waals surface area contributed by atoms with Crippen LogP contribution in [0.5, 0.6) is 0 Å². The van der Waals surface area contributed by atoms with Gasteiger partial charge in [-0.05, 0) is 36.4 Å². The van der Waals surface area contributed by atoms with Gasteiger partial charge in [-0.25, -0.2) is 0 Å². The number of hydrogen-bond donors (Lipinski definition) is 2. The molecule has 16 heavy (non-hydrogen) atoms. The lowest BCUT2D eigenvalue weighted by Gasteiger charge is -2.25. The summed E-state index contributed by atoms with van der Waals surface area (Å²) in [5.41, 5.74) is 1.21. The highest BCUT2D eigenvalue weighted by Crippen LogP contribution is 2.19. The Hall–Kier alpha value is -1.46. The van der Waals surface area contributed by atoms with Gasteiger partial charge in [0.05, 0.1) is 12.7 Å². The molecule has 1 aromatic carbocycles. The van der Waals surface area contributed by atoms with Gasteiger partial charge in [0.2, 0.25) is 0 Å². The van der Waals surface area contributed by atoms with Crippen LogP contribution in [0.1, 0.15) is 6.92 Å². The lowest BCUT2D eigenvalue weighted by atomic mass is 10.2. The third-order valence-electron chi connectivity index (χ3n) is 2.17. The monoisotopic (exact) mass is 224 g/mol. The Kier molecular flexibility index (Phi) is 4.88. The molecule has 0 bridgehead atoms. The molecule has 1 unspecified atom stereocenters. The zero-order valence-corrected chi connectivity index (χ0v) is 9.21. The topological polar surface area (TPSA) is 73.1 Å². The first-order chi connectivity index (χ1) is 7.67. The Morgan fingerprint density at radius 1 is 1.38 bits per heavy atom. The van der Waals surface area contributed by atoms with Crippen molar-refractivity contribution in [2.45, 2.75) is 13.0 Å². The molecule has 1 atom stereocenters. The number of rotatable bonds is 6. The maximum atomic E-state index is 10.2. The summed E-state index contributed by atoms with van der Waals surface area (Å²) in [6.45, 7) is 2.58. The van der Waals surface area contributed by atoms with E-state index in [2.05, 4.69) is 5.18 Å². The van der Waals surface area contributed by atoms with E-state index in [9.17, 15) is 10.0 Å².